The molecule has 0 bridgehead atoms. The van der Waals surface area contributed by atoms with E-state index in [9.17, 15) is 4.79 Å². The average molecular weight is 369 g/mol. The third-order valence-electron chi connectivity index (χ3n) is 2.89. The van der Waals surface area contributed by atoms with E-state index in [1.165, 1.54) is 0 Å². The lowest BCUT2D eigenvalue weighted by molar-refractivity contribution is -0.144. The molecule has 0 radical (unpaired) electrons. The fraction of sp³-hybridized carbons (Fsp3) is 0.188. The van der Waals surface area contributed by atoms with Gasteiger partial charge in [0.1, 0.15) is 0 Å². The van der Waals surface area contributed by atoms with E-state index < -0.39 is 6.04 Å². The zero-order valence-electron chi connectivity index (χ0n) is 11.5. The third-order valence-corrected chi connectivity index (χ3v) is 4.12. The minimum atomic E-state index is -0.566. The van der Waals surface area contributed by atoms with E-state index in [4.69, 9.17) is 16.3 Å². The van der Waals surface area contributed by atoms with Crippen molar-refractivity contribution in [1.82, 2.24) is 0 Å². The van der Waals surface area contributed by atoms with Gasteiger partial charge in [0.2, 0.25) is 0 Å². The molecule has 2 aromatic rings. The van der Waals surface area contributed by atoms with Crippen LogP contribution < -0.4 is 5.32 Å². The van der Waals surface area contributed by atoms with Crippen molar-refractivity contribution >= 4 is 39.2 Å². The predicted octanol–water partition coefficient (Wildman–Crippen LogP) is 4.82. The first-order valence-corrected chi connectivity index (χ1v) is 7.72. The van der Waals surface area contributed by atoms with Crippen LogP contribution >= 0.6 is 27.5 Å². The zero-order valence-corrected chi connectivity index (χ0v) is 13.8. The summed E-state index contributed by atoms with van der Waals surface area (Å²) in [4.78, 5) is 12.2. The molecule has 0 aliphatic rings. The molecule has 0 aliphatic heterocycles. The quantitative estimate of drug-likeness (QED) is 0.769. The molecular formula is C16H15BrClNO2. The summed E-state index contributed by atoms with van der Waals surface area (Å²) in [7, 11) is 0. The Morgan fingerprint density at radius 3 is 2.62 bits per heavy atom. The van der Waals surface area contributed by atoms with Crippen LogP contribution in [-0.2, 0) is 9.53 Å². The Hall–Kier alpha value is -1.52. The first-order chi connectivity index (χ1) is 10.1. The maximum absolute atomic E-state index is 12.2. The fourth-order valence-corrected chi connectivity index (χ4v) is 2.33. The van der Waals surface area contributed by atoms with Crippen LogP contribution in [0.15, 0.2) is 53.0 Å². The number of benzene rings is 2. The Bertz CT molecular complexity index is 619. The molecule has 1 atom stereocenters. The summed E-state index contributed by atoms with van der Waals surface area (Å²) in [6.45, 7) is 2.13. The second-order valence-electron chi connectivity index (χ2n) is 4.37. The highest BCUT2D eigenvalue weighted by atomic mass is 79.9. The van der Waals surface area contributed by atoms with Crippen LogP contribution in [0.5, 0.6) is 0 Å². The first kappa shape index (κ1) is 15.9. The molecule has 0 saturated heterocycles. The molecule has 0 fully saturated rings. The number of ether oxygens (including phenoxy) is 1. The number of nitrogens with one attached hydrogen (secondary N) is 1. The van der Waals surface area contributed by atoms with E-state index in [0.717, 1.165) is 15.7 Å². The van der Waals surface area contributed by atoms with Crippen molar-refractivity contribution in [2.75, 3.05) is 11.9 Å². The third kappa shape index (κ3) is 4.22. The van der Waals surface area contributed by atoms with Gasteiger partial charge in [-0.25, -0.2) is 4.79 Å². The van der Waals surface area contributed by atoms with Gasteiger partial charge < -0.3 is 10.1 Å². The predicted molar refractivity (Wildman–Crippen MR) is 88.6 cm³/mol. The number of carbonyl (C=O) groups is 1. The Morgan fingerprint density at radius 1 is 1.29 bits per heavy atom. The summed E-state index contributed by atoms with van der Waals surface area (Å²) in [6, 6.07) is 14.3. The number of esters is 1. The van der Waals surface area contributed by atoms with Crippen molar-refractivity contribution in [2.45, 2.75) is 13.0 Å². The van der Waals surface area contributed by atoms with Crippen molar-refractivity contribution in [2.24, 2.45) is 0 Å². The molecule has 0 spiro atoms. The Kier molecular flexibility index (Phi) is 5.65. The van der Waals surface area contributed by atoms with Gasteiger partial charge in [-0.05, 0) is 46.6 Å². The molecule has 0 aliphatic carbocycles. The molecule has 110 valence electrons. The van der Waals surface area contributed by atoms with Crippen molar-refractivity contribution in [3.63, 3.8) is 0 Å². The Morgan fingerprint density at radius 2 is 2.00 bits per heavy atom. The average Bonchev–Trinajstić information content (AvgIpc) is 2.49. The lowest BCUT2D eigenvalue weighted by atomic mass is 10.1. The SMILES string of the molecule is CCOC(=O)C(Nc1ccc(Br)c(Cl)c1)c1ccccc1. The van der Waals surface area contributed by atoms with Gasteiger partial charge in [-0.1, -0.05) is 41.9 Å². The van der Waals surface area contributed by atoms with Crippen LogP contribution in [0.1, 0.15) is 18.5 Å². The summed E-state index contributed by atoms with van der Waals surface area (Å²) in [5.74, 6) is -0.317. The second kappa shape index (κ2) is 7.48. The molecule has 21 heavy (non-hydrogen) atoms. The van der Waals surface area contributed by atoms with Crippen LogP contribution in [-0.4, -0.2) is 12.6 Å². The number of rotatable bonds is 5. The van der Waals surface area contributed by atoms with Gasteiger partial charge in [0.15, 0.2) is 6.04 Å². The smallest absolute Gasteiger partial charge is 0.333 e. The van der Waals surface area contributed by atoms with Crippen LogP contribution in [0.4, 0.5) is 5.69 Å². The van der Waals surface area contributed by atoms with E-state index in [-0.39, 0.29) is 5.97 Å². The van der Waals surface area contributed by atoms with Crippen molar-refractivity contribution < 1.29 is 9.53 Å². The van der Waals surface area contributed by atoms with E-state index in [1.807, 2.05) is 42.5 Å². The van der Waals surface area contributed by atoms with Gasteiger partial charge >= 0.3 is 5.97 Å². The highest BCUT2D eigenvalue weighted by molar-refractivity contribution is 9.10. The van der Waals surface area contributed by atoms with Gasteiger partial charge in [0.25, 0.3) is 0 Å². The summed E-state index contributed by atoms with van der Waals surface area (Å²) in [5, 5.41) is 3.75. The molecule has 0 saturated carbocycles. The van der Waals surface area contributed by atoms with Gasteiger partial charge in [-0.3, -0.25) is 0 Å². The van der Waals surface area contributed by atoms with Crippen LogP contribution in [0, 0.1) is 0 Å². The van der Waals surface area contributed by atoms with E-state index in [1.54, 1.807) is 13.0 Å². The first-order valence-electron chi connectivity index (χ1n) is 6.55. The monoisotopic (exact) mass is 367 g/mol. The maximum Gasteiger partial charge on any atom is 0.333 e. The normalized spacial score (nSPS) is 11.8. The number of carbonyl (C=O) groups excluding carboxylic acids is 1. The lowest BCUT2D eigenvalue weighted by Gasteiger charge is -2.19. The summed E-state index contributed by atoms with van der Waals surface area (Å²) in [6.07, 6.45) is 0. The molecule has 5 heteroatoms. The molecule has 2 rings (SSSR count). The second-order valence-corrected chi connectivity index (χ2v) is 5.63. The van der Waals surface area contributed by atoms with Gasteiger partial charge in [0, 0.05) is 10.2 Å². The fourth-order valence-electron chi connectivity index (χ4n) is 1.90. The largest absolute Gasteiger partial charge is 0.464 e. The summed E-state index contributed by atoms with van der Waals surface area (Å²) >= 11 is 9.42. The van der Waals surface area contributed by atoms with E-state index in [0.29, 0.717) is 11.6 Å². The molecule has 0 amide bonds. The van der Waals surface area contributed by atoms with Crippen molar-refractivity contribution in [1.29, 1.82) is 0 Å². The van der Waals surface area contributed by atoms with Crippen LogP contribution in [0.2, 0.25) is 5.02 Å². The number of hydrogen-bond donors (Lipinski definition) is 1. The number of hydrogen-bond acceptors (Lipinski definition) is 3. The highest BCUT2D eigenvalue weighted by Gasteiger charge is 2.21. The zero-order chi connectivity index (χ0) is 15.2. The minimum Gasteiger partial charge on any atom is -0.464 e. The van der Waals surface area contributed by atoms with Crippen LogP contribution in [0.3, 0.4) is 0 Å². The maximum atomic E-state index is 12.2. The lowest BCUT2D eigenvalue weighted by Crippen LogP contribution is -2.23. The van der Waals surface area contributed by atoms with Gasteiger partial charge in [0.05, 0.1) is 11.6 Å². The Balaban J connectivity index is 2.27. The van der Waals surface area contributed by atoms with Gasteiger partial charge in [-0.15, -0.1) is 0 Å². The van der Waals surface area contributed by atoms with E-state index >= 15 is 0 Å². The van der Waals surface area contributed by atoms with Crippen LogP contribution in [0.25, 0.3) is 0 Å². The van der Waals surface area contributed by atoms with E-state index in [2.05, 4.69) is 21.2 Å². The highest BCUT2D eigenvalue weighted by Crippen LogP contribution is 2.28. The minimum absolute atomic E-state index is 0.317. The summed E-state index contributed by atoms with van der Waals surface area (Å²) in [5.41, 5.74) is 1.60. The molecule has 0 aromatic heterocycles. The molecule has 2 aromatic carbocycles. The molecular weight excluding hydrogens is 354 g/mol. The number of halogens is 2. The van der Waals surface area contributed by atoms with Crippen molar-refractivity contribution in [3.05, 3.63) is 63.6 Å². The van der Waals surface area contributed by atoms with Crippen molar-refractivity contribution in [3.8, 4) is 0 Å². The molecule has 3 nitrogen and oxygen atoms in total. The molecule has 1 unspecified atom stereocenters. The topological polar surface area (TPSA) is 38.3 Å². The summed E-state index contributed by atoms with van der Waals surface area (Å²) < 4.78 is 5.95. The molecule has 1 N–H and O–H groups in total. The Labute approximate surface area is 137 Å². The standard InChI is InChI=1S/C16H15BrClNO2/c1-2-21-16(20)15(11-6-4-3-5-7-11)19-12-8-9-13(17)14(18)10-12/h3-10,15,19H,2H2,1H3. The van der Waals surface area contributed by atoms with Gasteiger partial charge in [-0.2, -0.15) is 0 Å². The molecule has 0 heterocycles. The number of anilines is 1.